The summed E-state index contributed by atoms with van der Waals surface area (Å²) in [6.45, 7) is 34.0. The highest BCUT2D eigenvalue weighted by molar-refractivity contribution is 5.95. The number of anilines is 2. The Balaban J connectivity index is 0.978. The lowest BCUT2D eigenvalue weighted by Crippen LogP contribution is -2.62. The van der Waals surface area contributed by atoms with E-state index >= 15 is 0 Å². The molecule has 538 valence electrons. The number of aromatic hydroxyl groups is 2. The molecule has 0 aliphatic heterocycles. The molecule has 0 aromatic heterocycles. The minimum atomic E-state index is -0.879. The molecular weight excluding hydrogens is 1230 g/mol. The van der Waals surface area contributed by atoms with Gasteiger partial charge in [0.05, 0.1) is 16.8 Å². The van der Waals surface area contributed by atoms with Crippen LogP contribution in [0, 0.1) is 100 Å². The van der Waals surface area contributed by atoms with Crippen molar-refractivity contribution in [1.29, 1.82) is 0 Å². The maximum absolute atomic E-state index is 12.2. The molecule has 4 aromatic rings. The van der Waals surface area contributed by atoms with Crippen molar-refractivity contribution in [1.82, 2.24) is 0 Å². The average Bonchev–Trinajstić information content (AvgIpc) is 1.55. The second-order valence-corrected chi connectivity index (χ2v) is 50.0. The fourth-order valence-corrected chi connectivity index (χ4v) is 42.4. The van der Waals surface area contributed by atoms with Crippen molar-refractivity contribution in [3.05, 3.63) is 104 Å². The van der Waals surface area contributed by atoms with Gasteiger partial charge in [-0.1, -0.05) is 107 Å². The van der Waals surface area contributed by atoms with Crippen LogP contribution in [-0.2, 0) is 37.9 Å². The molecule has 0 radical (unpaired) electrons. The Hall–Kier alpha value is -3.92. The van der Waals surface area contributed by atoms with Crippen LogP contribution in [0.5, 0.6) is 11.5 Å². The molecule has 4 aromatic carbocycles. The molecule has 24 saturated carbocycles. The van der Waals surface area contributed by atoms with Gasteiger partial charge in [0.15, 0.2) is 0 Å². The van der Waals surface area contributed by atoms with E-state index in [2.05, 4.69) is 119 Å². The summed E-state index contributed by atoms with van der Waals surface area (Å²) in [7, 11) is 0. The first-order valence-corrected chi connectivity index (χ1v) is 42.8. The van der Waals surface area contributed by atoms with Crippen LogP contribution in [0.15, 0.2) is 48.5 Å². The molecule has 24 bridgehead atoms. The number of phenols is 2. The van der Waals surface area contributed by atoms with Crippen LogP contribution in [0.3, 0.4) is 0 Å². The molecule has 25 aliphatic carbocycles. The van der Waals surface area contributed by atoms with Crippen molar-refractivity contribution in [2.45, 2.75) is 352 Å². The van der Waals surface area contributed by atoms with Gasteiger partial charge in [-0.15, -0.1) is 0 Å². The van der Waals surface area contributed by atoms with E-state index in [0.29, 0.717) is 54.7 Å². The van der Waals surface area contributed by atoms with Gasteiger partial charge in [0.1, 0.15) is 11.5 Å². The van der Waals surface area contributed by atoms with E-state index in [9.17, 15) is 10.2 Å². The summed E-state index contributed by atoms with van der Waals surface area (Å²) >= 11 is 0. The molecule has 0 amide bonds. The molecule has 101 heavy (non-hydrogen) atoms. The highest BCUT2D eigenvalue weighted by Gasteiger charge is 2.74. The lowest BCUT2D eigenvalue weighted by Gasteiger charge is -2.70. The lowest BCUT2D eigenvalue weighted by molar-refractivity contribution is -0.123. The van der Waals surface area contributed by atoms with E-state index < -0.39 is 5.41 Å². The van der Waals surface area contributed by atoms with Crippen LogP contribution in [0.4, 0.5) is 11.4 Å². The Morgan fingerprint density at radius 3 is 0.673 bits per heavy atom. The standard InChI is InChI=1S/C97H128N2O2/c1-79-21-57-22-80(2,39-79)46-91(33-57,45-79)67-19-65-73(77(95-37-61-29-87(9,53-95)43-88(10,30-61)54-95)75(67)93-35-59-25-83(5,49-93)41-84(6,26-59)50-93)74-66(97(65,63-13-15-71(100)69(98)17-63)64-14-16-72(101)70(99)18-64)20-68(92-34-58-23-81(3,47-92)40-82(4,24-58)48-92)76(94-36-60-27-85(7,51-94)42-86(8,28-60)52-94)78(74)96-38-62-31-89(11,55-96)44-90(12,32-62)56-96/h13-20,57-62,100-101H,21-56,98-99H2,1-12H3. The summed E-state index contributed by atoms with van der Waals surface area (Å²) in [4.78, 5) is 0. The maximum Gasteiger partial charge on any atom is 0.138 e. The van der Waals surface area contributed by atoms with Crippen molar-refractivity contribution in [2.75, 3.05) is 11.5 Å². The predicted octanol–water partition coefficient (Wildman–Crippen LogP) is 24.1. The first-order valence-electron chi connectivity index (χ1n) is 42.8. The number of rotatable bonds is 8. The first-order chi connectivity index (χ1) is 47.2. The average molecular weight is 1350 g/mol. The predicted molar refractivity (Wildman–Crippen MR) is 410 cm³/mol. The Kier molecular flexibility index (Phi) is 11.2. The van der Waals surface area contributed by atoms with Gasteiger partial charge in [-0.05, 0) is 455 Å². The molecule has 24 fully saturated rings. The number of nitrogen functional groups attached to an aromatic ring is 2. The summed E-state index contributed by atoms with van der Waals surface area (Å²) in [5.74, 6) is 4.84. The van der Waals surface area contributed by atoms with E-state index in [1.807, 2.05) is 45.5 Å². The molecule has 4 nitrogen and oxygen atoms in total. The Bertz CT molecular complexity index is 4070. The van der Waals surface area contributed by atoms with Gasteiger partial charge >= 0.3 is 0 Å². The zero-order chi connectivity index (χ0) is 69.3. The molecule has 6 N–H and O–H groups in total. The quantitative estimate of drug-likeness (QED) is 0.0920. The SMILES string of the molecule is CC12CC3CC(C)(C1)CC(c1cc4c(c(C56CC7CC(C)(CC(C)(C7)C5)C6)c1C15CC6CC(C)(CC(C)(C6)C1)C5)-c1c(cc(C56CC7CC(C)(CC(C)(C7)C5)C6)c(C56CC7CC(C)(CC(C)(C7)C5)C6)c1C15CC6CC(C)(CC(C)(C6)C1)C5)C4(c1ccc(O)c(N)c1)c1ccc(O)c(N)c1)(C3)C2. The van der Waals surface area contributed by atoms with Gasteiger partial charge in [0.2, 0.25) is 0 Å². The number of nitrogens with two attached hydrogens (primary N) is 2. The monoisotopic (exact) mass is 1350 g/mol. The molecule has 4 heteroatoms. The number of benzene rings is 4. The summed E-state index contributed by atoms with van der Waals surface area (Å²) < 4.78 is 0. The number of phenolic OH excluding ortho intramolecular Hbond substituents is 2. The van der Waals surface area contributed by atoms with E-state index in [4.69, 9.17) is 11.5 Å². The van der Waals surface area contributed by atoms with Crippen LogP contribution >= 0.6 is 0 Å². The van der Waals surface area contributed by atoms with Crippen LogP contribution < -0.4 is 11.5 Å². The molecular formula is C97H128N2O2. The minimum absolute atomic E-state index is 0.00478. The third kappa shape index (κ3) is 8.10. The van der Waals surface area contributed by atoms with Gasteiger partial charge in [0.25, 0.3) is 0 Å². The highest BCUT2D eigenvalue weighted by Crippen LogP contribution is 2.83. The largest absolute Gasteiger partial charge is 0.506 e. The normalized spacial score (nSPS) is 54.1. The van der Waals surface area contributed by atoms with Crippen molar-refractivity contribution < 1.29 is 10.2 Å². The summed E-state index contributed by atoms with van der Waals surface area (Å²) in [5.41, 5.74) is 39.9. The smallest absolute Gasteiger partial charge is 0.138 e. The van der Waals surface area contributed by atoms with Gasteiger partial charge in [-0.2, -0.15) is 0 Å². The second kappa shape index (κ2) is 17.9. The van der Waals surface area contributed by atoms with Crippen LogP contribution in [0.2, 0.25) is 0 Å². The fraction of sp³-hybridized carbons (Fsp3) is 0.753. The van der Waals surface area contributed by atoms with Crippen LogP contribution in [-0.4, -0.2) is 10.2 Å². The number of hydrogen-bond donors (Lipinski definition) is 4. The third-order valence-electron chi connectivity index (χ3n) is 37.7. The minimum Gasteiger partial charge on any atom is -0.506 e. The highest BCUT2D eigenvalue weighted by atomic mass is 16.3. The summed E-state index contributed by atoms with van der Waals surface area (Å²) in [5, 5.41) is 24.5. The third-order valence-corrected chi connectivity index (χ3v) is 37.7. The Morgan fingerprint density at radius 2 is 0.455 bits per heavy atom. The zero-order valence-electron chi connectivity index (χ0n) is 65.1. The molecule has 0 heterocycles. The first kappa shape index (κ1) is 63.2. The van der Waals surface area contributed by atoms with E-state index in [-0.39, 0.29) is 65.6 Å². The summed E-state index contributed by atoms with van der Waals surface area (Å²) in [6.07, 6.45) is 49.3. The molecule has 12 atom stereocenters. The van der Waals surface area contributed by atoms with Crippen LogP contribution in [0.25, 0.3) is 11.1 Å². The topological polar surface area (TPSA) is 92.5 Å². The van der Waals surface area contributed by atoms with Crippen molar-refractivity contribution in [3.63, 3.8) is 0 Å². The van der Waals surface area contributed by atoms with Gasteiger partial charge < -0.3 is 21.7 Å². The van der Waals surface area contributed by atoms with Crippen molar-refractivity contribution in [3.8, 4) is 22.6 Å². The number of hydrogen-bond acceptors (Lipinski definition) is 4. The Labute approximate surface area is 608 Å². The van der Waals surface area contributed by atoms with E-state index in [1.54, 1.807) is 22.3 Å². The fourth-order valence-electron chi connectivity index (χ4n) is 42.4. The van der Waals surface area contributed by atoms with Crippen molar-refractivity contribution in [2.24, 2.45) is 100 Å². The van der Waals surface area contributed by atoms with E-state index in [1.165, 1.54) is 242 Å². The lowest BCUT2D eigenvalue weighted by atomic mass is 9.34. The molecule has 0 saturated heterocycles. The van der Waals surface area contributed by atoms with Crippen molar-refractivity contribution >= 4 is 11.4 Å². The van der Waals surface area contributed by atoms with E-state index in [0.717, 1.165) is 35.5 Å². The molecule has 29 rings (SSSR count). The molecule has 25 aliphatic rings. The zero-order valence-corrected chi connectivity index (χ0v) is 65.1. The number of fused-ring (bicyclic) bond motifs is 3. The second-order valence-electron chi connectivity index (χ2n) is 50.0. The summed E-state index contributed by atoms with van der Waals surface area (Å²) in [6, 6.07) is 19.9. The molecule has 12 unspecified atom stereocenters. The van der Waals surface area contributed by atoms with Gasteiger partial charge in [-0.25, -0.2) is 0 Å². The van der Waals surface area contributed by atoms with Crippen LogP contribution in [0.1, 0.15) is 370 Å². The van der Waals surface area contributed by atoms with Gasteiger partial charge in [-0.3, -0.25) is 0 Å². The molecule has 0 spiro atoms. The Morgan fingerprint density at radius 1 is 0.248 bits per heavy atom. The maximum atomic E-state index is 12.2. The van der Waals surface area contributed by atoms with Gasteiger partial charge in [0, 0.05) is 0 Å².